The van der Waals surface area contributed by atoms with Crippen molar-refractivity contribution in [2.75, 3.05) is 16.4 Å². The van der Waals surface area contributed by atoms with Gasteiger partial charge in [0, 0.05) is 17.8 Å². The summed E-state index contributed by atoms with van der Waals surface area (Å²) >= 11 is 6.04. The summed E-state index contributed by atoms with van der Waals surface area (Å²) in [5.41, 5.74) is 7.21. The number of aromatic nitrogens is 3. The first-order chi connectivity index (χ1) is 15.8. The highest BCUT2D eigenvalue weighted by molar-refractivity contribution is 6.33. The molecule has 0 atom stereocenters. The molecule has 0 fully saturated rings. The van der Waals surface area contributed by atoms with Crippen molar-refractivity contribution in [2.45, 2.75) is 19.9 Å². The molecule has 168 valence electrons. The summed E-state index contributed by atoms with van der Waals surface area (Å²) in [4.78, 5) is 34.0. The largest absolute Gasteiger partial charge is 0.383 e. The van der Waals surface area contributed by atoms with Gasteiger partial charge in [-0.2, -0.15) is 0 Å². The van der Waals surface area contributed by atoms with Crippen LogP contribution in [0.5, 0.6) is 0 Å². The Morgan fingerprint density at radius 3 is 2.55 bits per heavy atom. The molecule has 2 heterocycles. The molecule has 4 rings (SSSR count). The van der Waals surface area contributed by atoms with Gasteiger partial charge in [-0.15, -0.1) is 0 Å². The highest BCUT2D eigenvalue weighted by Gasteiger charge is 2.22. The van der Waals surface area contributed by atoms with Crippen LogP contribution in [0.4, 0.5) is 26.4 Å². The topological polar surface area (TPSA) is 115 Å². The molecule has 4 N–H and O–H groups in total. The maximum Gasteiger partial charge on any atom is 0.323 e. The number of anilines is 3. The lowest BCUT2D eigenvalue weighted by molar-refractivity contribution is 0.104. The molecular formula is C23H20ClFN6O2. The number of rotatable bonds is 5. The molecule has 0 aliphatic carbocycles. The molecular weight excluding hydrogens is 447 g/mol. The minimum absolute atomic E-state index is 0.0160. The van der Waals surface area contributed by atoms with E-state index in [4.69, 9.17) is 17.3 Å². The van der Waals surface area contributed by atoms with E-state index in [9.17, 15) is 14.0 Å². The van der Waals surface area contributed by atoms with Gasteiger partial charge in [0.15, 0.2) is 5.78 Å². The molecule has 0 aliphatic heterocycles. The van der Waals surface area contributed by atoms with Gasteiger partial charge in [0.2, 0.25) is 0 Å². The normalized spacial score (nSPS) is 11.1. The van der Waals surface area contributed by atoms with Gasteiger partial charge in [0.25, 0.3) is 0 Å². The van der Waals surface area contributed by atoms with Crippen molar-refractivity contribution in [3.63, 3.8) is 0 Å². The zero-order valence-electron chi connectivity index (χ0n) is 17.8. The van der Waals surface area contributed by atoms with Crippen molar-refractivity contribution < 1.29 is 14.0 Å². The van der Waals surface area contributed by atoms with Crippen LogP contribution in [0.2, 0.25) is 5.02 Å². The Morgan fingerprint density at radius 2 is 1.82 bits per heavy atom. The smallest absolute Gasteiger partial charge is 0.323 e. The van der Waals surface area contributed by atoms with E-state index in [2.05, 4.69) is 20.6 Å². The average Bonchev–Trinajstić information content (AvgIpc) is 3.18. The molecule has 0 saturated carbocycles. The standard InChI is InChI=1S/C23H20ClFN6O2/c1-12(2)31-10-14(19-21(26)27-11-28-22(19)31)20(32)13-7-8-16(25)18(9-13)30-23(33)29-17-6-4-3-5-15(17)24/h3-12H,1-2H3,(H2,26,27,28)(H2,29,30,33). The Labute approximate surface area is 193 Å². The first kappa shape index (κ1) is 22.2. The Hall–Kier alpha value is -3.98. The second-order valence-corrected chi connectivity index (χ2v) is 7.99. The van der Waals surface area contributed by atoms with E-state index in [1.54, 1.807) is 30.5 Å². The second kappa shape index (κ2) is 8.87. The number of urea groups is 1. The molecule has 0 unspecified atom stereocenters. The monoisotopic (exact) mass is 466 g/mol. The Balaban J connectivity index is 1.66. The zero-order valence-corrected chi connectivity index (χ0v) is 18.5. The minimum atomic E-state index is -0.708. The fourth-order valence-electron chi connectivity index (χ4n) is 3.43. The predicted molar refractivity (Wildman–Crippen MR) is 126 cm³/mol. The zero-order chi connectivity index (χ0) is 23.7. The number of hydrogen-bond acceptors (Lipinski definition) is 5. The molecule has 4 aromatic rings. The molecule has 0 aliphatic rings. The number of carbonyl (C=O) groups is 2. The number of halogens is 2. The fraction of sp³-hybridized carbons (Fsp3) is 0.130. The fourth-order valence-corrected chi connectivity index (χ4v) is 3.61. The summed E-state index contributed by atoms with van der Waals surface area (Å²) in [5, 5.41) is 5.71. The van der Waals surface area contributed by atoms with Gasteiger partial charge >= 0.3 is 6.03 Å². The number of hydrogen-bond donors (Lipinski definition) is 3. The average molecular weight is 467 g/mol. The Kier molecular flexibility index (Phi) is 5.97. The molecule has 0 bridgehead atoms. The van der Waals surface area contributed by atoms with Gasteiger partial charge in [-0.25, -0.2) is 19.2 Å². The van der Waals surface area contributed by atoms with Crippen LogP contribution in [0.3, 0.4) is 0 Å². The number of ketones is 1. The Morgan fingerprint density at radius 1 is 1.09 bits per heavy atom. The number of benzene rings is 2. The number of fused-ring (bicyclic) bond motifs is 1. The van der Waals surface area contributed by atoms with Crippen LogP contribution in [-0.2, 0) is 0 Å². The van der Waals surface area contributed by atoms with Crippen molar-refractivity contribution in [3.8, 4) is 0 Å². The van der Waals surface area contributed by atoms with E-state index >= 15 is 0 Å². The summed E-state index contributed by atoms with van der Waals surface area (Å²) in [6.45, 7) is 3.90. The van der Waals surface area contributed by atoms with Crippen LogP contribution >= 0.6 is 11.6 Å². The van der Waals surface area contributed by atoms with E-state index in [1.807, 2.05) is 18.4 Å². The predicted octanol–water partition coefficient (Wildman–Crippen LogP) is 5.26. The minimum Gasteiger partial charge on any atom is -0.383 e. The first-order valence-corrected chi connectivity index (χ1v) is 10.4. The van der Waals surface area contributed by atoms with Gasteiger partial charge in [0.1, 0.15) is 23.6 Å². The summed E-state index contributed by atoms with van der Waals surface area (Å²) in [6.07, 6.45) is 2.99. The third-order valence-electron chi connectivity index (χ3n) is 5.04. The third-order valence-corrected chi connectivity index (χ3v) is 5.37. The summed E-state index contributed by atoms with van der Waals surface area (Å²) < 4.78 is 16.2. The molecule has 8 nitrogen and oxygen atoms in total. The summed E-state index contributed by atoms with van der Waals surface area (Å²) in [5.74, 6) is -0.939. The van der Waals surface area contributed by atoms with Gasteiger partial charge in [0.05, 0.1) is 27.3 Å². The van der Waals surface area contributed by atoms with Crippen molar-refractivity contribution in [1.82, 2.24) is 14.5 Å². The van der Waals surface area contributed by atoms with Crippen LogP contribution in [0.1, 0.15) is 35.8 Å². The van der Waals surface area contributed by atoms with Crippen molar-refractivity contribution in [2.24, 2.45) is 0 Å². The van der Waals surface area contributed by atoms with Crippen LogP contribution in [0.15, 0.2) is 55.0 Å². The molecule has 0 saturated heterocycles. The highest BCUT2D eigenvalue weighted by Crippen LogP contribution is 2.29. The van der Waals surface area contributed by atoms with Crippen molar-refractivity contribution in [3.05, 3.63) is 77.0 Å². The molecule has 0 spiro atoms. The molecule has 2 amide bonds. The van der Waals surface area contributed by atoms with Gasteiger partial charge in [-0.05, 0) is 44.2 Å². The van der Waals surface area contributed by atoms with Crippen molar-refractivity contribution >= 4 is 51.6 Å². The number of nitrogen functional groups attached to an aromatic ring is 1. The SMILES string of the molecule is CC(C)n1cc(C(=O)c2ccc(F)c(NC(=O)Nc3ccccc3Cl)c2)c2c(N)ncnc21. The number of carbonyl (C=O) groups excluding carboxylic acids is 2. The van der Waals surface area contributed by atoms with E-state index in [-0.39, 0.29) is 28.7 Å². The Bertz CT molecular complexity index is 1380. The van der Waals surface area contributed by atoms with Crippen LogP contribution in [0.25, 0.3) is 11.0 Å². The molecule has 10 heteroatoms. The number of amides is 2. The number of para-hydroxylation sites is 1. The quantitative estimate of drug-likeness (QED) is 0.347. The number of nitrogens with zero attached hydrogens (tertiary/aromatic N) is 3. The van der Waals surface area contributed by atoms with E-state index < -0.39 is 17.6 Å². The maximum atomic E-state index is 14.4. The van der Waals surface area contributed by atoms with Gasteiger partial charge < -0.3 is 20.9 Å². The lowest BCUT2D eigenvalue weighted by Gasteiger charge is -2.11. The maximum absolute atomic E-state index is 14.4. The van der Waals surface area contributed by atoms with Crippen LogP contribution < -0.4 is 16.4 Å². The van der Waals surface area contributed by atoms with Crippen LogP contribution in [-0.4, -0.2) is 26.3 Å². The van der Waals surface area contributed by atoms with Crippen molar-refractivity contribution in [1.29, 1.82) is 0 Å². The second-order valence-electron chi connectivity index (χ2n) is 7.58. The highest BCUT2D eigenvalue weighted by atomic mass is 35.5. The molecule has 2 aromatic carbocycles. The number of nitrogens with two attached hydrogens (primary N) is 1. The molecule has 2 aromatic heterocycles. The first-order valence-electron chi connectivity index (χ1n) is 10.0. The lowest BCUT2D eigenvalue weighted by atomic mass is 10.0. The van der Waals surface area contributed by atoms with Crippen LogP contribution in [0, 0.1) is 5.82 Å². The van der Waals surface area contributed by atoms with Gasteiger partial charge in [-0.1, -0.05) is 23.7 Å². The molecule has 0 radical (unpaired) electrons. The summed E-state index contributed by atoms with van der Waals surface area (Å²) in [6, 6.07) is 9.66. The van der Waals surface area contributed by atoms with E-state index in [0.29, 0.717) is 21.7 Å². The van der Waals surface area contributed by atoms with Gasteiger partial charge in [-0.3, -0.25) is 4.79 Å². The number of nitrogens with one attached hydrogen (secondary N) is 2. The molecule has 33 heavy (non-hydrogen) atoms. The van der Waals surface area contributed by atoms with E-state index in [0.717, 1.165) is 6.07 Å². The van der Waals surface area contributed by atoms with E-state index in [1.165, 1.54) is 18.5 Å². The summed E-state index contributed by atoms with van der Waals surface area (Å²) in [7, 11) is 0. The lowest BCUT2D eigenvalue weighted by Crippen LogP contribution is -2.20. The third kappa shape index (κ3) is 4.35.